The normalized spacial score (nSPS) is 10.2. The molecule has 0 spiro atoms. The summed E-state index contributed by atoms with van der Waals surface area (Å²) >= 11 is 0. The Morgan fingerprint density at radius 2 is 1.84 bits per heavy atom. The van der Waals surface area contributed by atoms with Gasteiger partial charge in [0.2, 0.25) is 5.91 Å². The summed E-state index contributed by atoms with van der Waals surface area (Å²) in [5.41, 5.74) is 2.67. The Kier molecular flexibility index (Phi) is 6.98. The molecule has 0 fully saturated rings. The van der Waals surface area contributed by atoms with E-state index in [-0.39, 0.29) is 25.6 Å². The van der Waals surface area contributed by atoms with Gasteiger partial charge in [-0.15, -0.1) is 0 Å². The van der Waals surface area contributed by atoms with Crippen molar-refractivity contribution in [1.82, 2.24) is 10.2 Å². The zero-order valence-corrected chi connectivity index (χ0v) is 14.2. The number of rotatable bonds is 7. The van der Waals surface area contributed by atoms with Crippen molar-refractivity contribution < 1.29 is 14.7 Å². The first kappa shape index (κ1) is 18.5. The average Bonchev–Trinajstić information content (AvgIpc) is 2.60. The molecule has 3 amide bonds. The first-order valence-corrected chi connectivity index (χ1v) is 8.12. The fourth-order valence-corrected chi connectivity index (χ4v) is 2.38. The molecule has 0 aliphatic rings. The molecule has 0 aliphatic carbocycles. The van der Waals surface area contributed by atoms with Crippen molar-refractivity contribution in [1.29, 1.82) is 0 Å². The molecule has 0 saturated carbocycles. The highest BCUT2D eigenvalue weighted by Crippen LogP contribution is 2.09. The number of aliphatic hydroxyl groups excluding tert-OH is 1. The van der Waals surface area contributed by atoms with Crippen molar-refractivity contribution in [3.8, 4) is 0 Å². The van der Waals surface area contributed by atoms with E-state index in [0.717, 1.165) is 11.1 Å². The third-order valence-corrected chi connectivity index (χ3v) is 3.61. The number of nitrogens with zero attached hydrogens (tertiary/aromatic N) is 1. The Morgan fingerprint density at radius 1 is 1.08 bits per heavy atom. The summed E-state index contributed by atoms with van der Waals surface area (Å²) in [4.78, 5) is 25.8. The molecule has 0 bridgehead atoms. The van der Waals surface area contributed by atoms with Crippen LogP contribution in [0.2, 0.25) is 0 Å². The van der Waals surface area contributed by atoms with Gasteiger partial charge in [-0.1, -0.05) is 42.5 Å². The Balaban J connectivity index is 1.86. The van der Waals surface area contributed by atoms with Crippen LogP contribution in [0.25, 0.3) is 0 Å². The van der Waals surface area contributed by atoms with Crippen molar-refractivity contribution >= 4 is 17.6 Å². The molecule has 0 aliphatic heterocycles. The first-order chi connectivity index (χ1) is 12.1. The number of hydrogen-bond donors (Lipinski definition) is 3. The molecule has 0 heterocycles. The zero-order chi connectivity index (χ0) is 18.1. The van der Waals surface area contributed by atoms with Crippen molar-refractivity contribution in [2.45, 2.75) is 13.5 Å². The SMILES string of the molecule is Cc1cccc(NC(=O)NCC(=O)N(CCO)Cc2ccccc2)c1. The quantitative estimate of drug-likeness (QED) is 0.722. The Labute approximate surface area is 147 Å². The highest BCUT2D eigenvalue weighted by atomic mass is 16.3. The van der Waals surface area contributed by atoms with Crippen molar-refractivity contribution in [3.63, 3.8) is 0 Å². The van der Waals surface area contributed by atoms with Crippen molar-refractivity contribution in [2.24, 2.45) is 0 Å². The van der Waals surface area contributed by atoms with Crippen LogP contribution in [0.15, 0.2) is 54.6 Å². The maximum Gasteiger partial charge on any atom is 0.319 e. The summed E-state index contributed by atoms with van der Waals surface area (Å²) in [5.74, 6) is -0.253. The highest BCUT2D eigenvalue weighted by Gasteiger charge is 2.14. The summed E-state index contributed by atoms with van der Waals surface area (Å²) < 4.78 is 0. The zero-order valence-electron chi connectivity index (χ0n) is 14.2. The lowest BCUT2D eigenvalue weighted by molar-refractivity contribution is -0.131. The molecule has 25 heavy (non-hydrogen) atoms. The molecule has 6 nitrogen and oxygen atoms in total. The van der Waals surface area contributed by atoms with Crippen LogP contribution in [-0.4, -0.2) is 41.6 Å². The Bertz CT molecular complexity index is 704. The molecular weight excluding hydrogens is 318 g/mol. The second-order valence-electron chi connectivity index (χ2n) is 5.70. The van der Waals surface area contributed by atoms with Gasteiger partial charge in [0.1, 0.15) is 0 Å². The van der Waals surface area contributed by atoms with Gasteiger partial charge in [-0.25, -0.2) is 4.79 Å². The topological polar surface area (TPSA) is 81.7 Å². The highest BCUT2D eigenvalue weighted by molar-refractivity contribution is 5.92. The third-order valence-electron chi connectivity index (χ3n) is 3.61. The number of urea groups is 1. The fourth-order valence-electron chi connectivity index (χ4n) is 2.38. The van der Waals surface area contributed by atoms with E-state index in [9.17, 15) is 9.59 Å². The van der Waals surface area contributed by atoms with E-state index < -0.39 is 6.03 Å². The average molecular weight is 341 g/mol. The minimum atomic E-state index is -0.442. The van der Waals surface area contributed by atoms with Crippen LogP contribution in [0.3, 0.4) is 0 Å². The van der Waals surface area contributed by atoms with E-state index in [0.29, 0.717) is 12.2 Å². The lowest BCUT2D eigenvalue weighted by atomic mass is 10.2. The predicted molar refractivity (Wildman–Crippen MR) is 97.1 cm³/mol. The van der Waals surface area contributed by atoms with E-state index in [4.69, 9.17) is 5.11 Å². The Hall–Kier alpha value is -2.86. The number of hydrogen-bond acceptors (Lipinski definition) is 3. The van der Waals surface area contributed by atoms with Crippen LogP contribution in [0, 0.1) is 6.92 Å². The van der Waals surface area contributed by atoms with Crippen LogP contribution in [-0.2, 0) is 11.3 Å². The maximum absolute atomic E-state index is 12.3. The third kappa shape index (κ3) is 6.27. The van der Waals surface area contributed by atoms with E-state index in [1.165, 1.54) is 4.90 Å². The first-order valence-electron chi connectivity index (χ1n) is 8.12. The molecular formula is C19H23N3O3. The van der Waals surface area contributed by atoms with E-state index >= 15 is 0 Å². The number of aryl methyl sites for hydroxylation is 1. The predicted octanol–water partition coefficient (Wildman–Crippen LogP) is 2.14. The number of nitrogens with one attached hydrogen (secondary N) is 2. The van der Waals surface area contributed by atoms with Crippen LogP contribution in [0.4, 0.5) is 10.5 Å². The minimum absolute atomic E-state index is 0.131. The molecule has 0 unspecified atom stereocenters. The van der Waals surface area contributed by atoms with Gasteiger partial charge in [-0.3, -0.25) is 4.79 Å². The molecule has 6 heteroatoms. The number of aliphatic hydroxyl groups is 1. The molecule has 2 aromatic carbocycles. The van der Waals surface area contributed by atoms with Gasteiger partial charge < -0.3 is 20.6 Å². The Morgan fingerprint density at radius 3 is 2.52 bits per heavy atom. The molecule has 0 aromatic heterocycles. The standard InChI is InChI=1S/C19H23N3O3/c1-15-6-5-9-17(12-15)21-19(25)20-13-18(24)22(10-11-23)14-16-7-3-2-4-8-16/h2-9,12,23H,10-11,13-14H2,1H3,(H2,20,21,25). The molecule has 2 aromatic rings. The monoisotopic (exact) mass is 341 g/mol. The minimum Gasteiger partial charge on any atom is -0.395 e. The molecule has 2 rings (SSSR count). The van der Waals surface area contributed by atoms with E-state index in [2.05, 4.69) is 10.6 Å². The van der Waals surface area contributed by atoms with Crippen LogP contribution in [0.1, 0.15) is 11.1 Å². The summed E-state index contributed by atoms with van der Waals surface area (Å²) in [6, 6.07) is 16.5. The summed E-state index contributed by atoms with van der Waals surface area (Å²) in [7, 11) is 0. The molecule has 0 radical (unpaired) electrons. The largest absolute Gasteiger partial charge is 0.395 e. The lowest BCUT2D eigenvalue weighted by Gasteiger charge is -2.22. The van der Waals surface area contributed by atoms with Crippen molar-refractivity contribution in [3.05, 3.63) is 65.7 Å². The van der Waals surface area contributed by atoms with E-state index in [1.807, 2.05) is 55.5 Å². The number of carbonyl (C=O) groups excluding carboxylic acids is 2. The smallest absolute Gasteiger partial charge is 0.319 e. The second kappa shape index (κ2) is 9.44. The van der Waals surface area contributed by atoms with Gasteiger partial charge >= 0.3 is 6.03 Å². The van der Waals surface area contributed by atoms with Crippen LogP contribution < -0.4 is 10.6 Å². The van der Waals surface area contributed by atoms with Gasteiger partial charge in [0.15, 0.2) is 0 Å². The second-order valence-corrected chi connectivity index (χ2v) is 5.70. The maximum atomic E-state index is 12.3. The van der Waals surface area contributed by atoms with Gasteiger partial charge in [-0.2, -0.15) is 0 Å². The van der Waals surface area contributed by atoms with Crippen LogP contribution in [0.5, 0.6) is 0 Å². The molecule has 3 N–H and O–H groups in total. The number of amides is 3. The lowest BCUT2D eigenvalue weighted by Crippen LogP contribution is -2.42. The molecule has 0 atom stereocenters. The summed E-state index contributed by atoms with van der Waals surface area (Å²) in [6.07, 6.45) is 0. The van der Waals surface area contributed by atoms with Gasteiger partial charge in [0.05, 0.1) is 13.2 Å². The fraction of sp³-hybridized carbons (Fsp3) is 0.263. The number of carbonyl (C=O) groups is 2. The number of benzene rings is 2. The van der Waals surface area contributed by atoms with Gasteiger partial charge in [0.25, 0.3) is 0 Å². The summed E-state index contributed by atoms with van der Waals surface area (Å²) in [5, 5.41) is 14.4. The van der Waals surface area contributed by atoms with Crippen LogP contribution >= 0.6 is 0 Å². The van der Waals surface area contributed by atoms with E-state index in [1.54, 1.807) is 6.07 Å². The molecule has 132 valence electrons. The van der Waals surface area contributed by atoms with Crippen molar-refractivity contribution in [2.75, 3.05) is 25.0 Å². The number of anilines is 1. The summed E-state index contributed by atoms with van der Waals surface area (Å²) in [6.45, 7) is 2.28. The van der Waals surface area contributed by atoms with Gasteiger partial charge in [0, 0.05) is 18.8 Å². The van der Waals surface area contributed by atoms with Gasteiger partial charge in [-0.05, 0) is 30.2 Å². The molecule has 0 saturated heterocycles.